The second kappa shape index (κ2) is 5.17. The minimum absolute atomic E-state index is 0.283. The topological polar surface area (TPSA) is 66.6 Å². The molecule has 1 fully saturated rings. The van der Waals surface area contributed by atoms with E-state index in [9.17, 15) is 4.79 Å². The van der Waals surface area contributed by atoms with Crippen molar-refractivity contribution in [3.63, 3.8) is 0 Å². The Hall–Kier alpha value is -2.01. The Morgan fingerprint density at radius 2 is 2.20 bits per heavy atom. The second-order valence-electron chi connectivity index (χ2n) is 5.07. The Morgan fingerprint density at radius 1 is 1.40 bits per heavy atom. The third-order valence-electron chi connectivity index (χ3n) is 3.51. The highest BCUT2D eigenvalue weighted by Crippen LogP contribution is 2.36. The molecule has 20 heavy (non-hydrogen) atoms. The van der Waals surface area contributed by atoms with Crippen molar-refractivity contribution in [1.29, 1.82) is 0 Å². The molecule has 1 aliphatic rings. The molecule has 0 atom stereocenters. The maximum Gasteiger partial charge on any atom is 0.335 e. The molecule has 5 heteroatoms. The zero-order valence-electron chi connectivity index (χ0n) is 11.0. The van der Waals surface area contributed by atoms with Crippen molar-refractivity contribution in [3.8, 4) is 0 Å². The smallest absolute Gasteiger partial charge is 0.335 e. The van der Waals surface area contributed by atoms with Gasteiger partial charge in [-0.25, -0.2) is 4.79 Å². The summed E-state index contributed by atoms with van der Waals surface area (Å²) in [5.74, 6) is -0.919. The number of rotatable bonds is 5. The van der Waals surface area contributed by atoms with E-state index >= 15 is 0 Å². The lowest BCUT2D eigenvalue weighted by atomic mass is 10.1. The molecule has 1 aromatic heterocycles. The highest BCUT2D eigenvalue weighted by atomic mass is 32.1. The number of thiophene rings is 1. The van der Waals surface area contributed by atoms with Crippen LogP contribution in [-0.2, 0) is 6.54 Å². The molecule has 0 radical (unpaired) electrons. The molecule has 0 bridgehead atoms. The molecular formula is C15H16N2O2S. The Kier molecular flexibility index (Phi) is 3.36. The van der Waals surface area contributed by atoms with Crippen LogP contribution in [0.15, 0.2) is 35.0 Å². The molecule has 104 valence electrons. The van der Waals surface area contributed by atoms with E-state index in [1.165, 1.54) is 5.56 Å². The molecule has 0 unspecified atom stereocenters. The molecule has 0 spiro atoms. The fraction of sp³-hybridized carbons (Fsp3) is 0.267. The number of hydrogen-bond acceptors (Lipinski definition) is 4. The van der Waals surface area contributed by atoms with E-state index in [2.05, 4.69) is 21.7 Å². The van der Waals surface area contributed by atoms with Crippen LogP contribution in [0.2, 0.25) is 0 Å². The van der Waals surface area contributed by atoms with Gasteiger partial charge in [-0.05, 0) is 53.4 Å². The second-order valence-corrected chi connectivity index (χ2v) is 5.85. The summed E-state index contributed by atoms with van der Waals surface area (Å²) in [5.41, 5.74) is 9.04. The van der Waals surface area contributed by atoms with Gasteiger partial charge in [-0.1, -0.05) is 0 Å². The Labute approximate surface area is 121 Å². The molecule has 0 saturated heterocycles. The summed E-state index contributed by atoms with van der Waals surface area (Å²) >= 11 is 1.67. The van der Waals surface area contributed by atoms with Gasteiger partial charge in [-0.15, -0.1) is 0 Å². The molecule has 1 aliphatic carbocycles. The van der Waals surface area contributed by atoms with E-state index in [0.29, 0.717) is 11.7 Å². The number of hydrogen-bond donors (Lipinski definition) is 2. The standard InChI is InChI=1S/C15H16N2O2S/c16-13-4-1-11(15(18)19)7-14(13)17(12-2-3-12)8-10-5-6-20-9-10/h1,4-7,9,12H,2-3,8,16H2,(H,18,19). The SMILES string of the molecule is Nc1ccc(C(=O)O)cc1N(Cc1ccsc1)C1CC1. The number of anilines is 2. The minimum Gasteiger partial charge on any atom is -0.478 e. The van der Waals surface area contributed by atoms with Gasteiger partial charge < -0.3 is 15.7 Å². The van der Waals surface area contributed by atoms with E-state index in [-0.39, 0.29) is 5.56 Å². The summed E-state index contributed by atoms with van der Waals surface area (Å²) in [6, 6.07) is 7.49. The summed E-state index contributed by atoms with van der Waals surface area (Å²) in [6.45, 7) is 0.779. The van der Waals surface area contributed by atoms with Crippen LogP contribution < -0.4 is 10.6 Å². The predicted octanol–water partition coefficient (Wildman–Crippen LogP) is 3.20. The molecule has 1 saturated carbocycles. The van der Waals surface area contributed by atoms with E-state index in [1.54, 1.807) is 29.5 Å². The van der Waals surface area contributed by atoms with Gasteiger partial charge in [0.15, 0.2) is 0 Å². The average Bonchev–Trinajstić information content (AvgIpc) is 3.14. The van der Waals surface area contributed by atoms with Gasteiger partial charge >= 0.3 is 5.97 Å². The Morgan fingerprint density at radius 3 is 2.80 bits per heavy atom. The number of carboxylic acid groups (broad SMARTS) is 1. The highest BCUT2D eigenvalue weighted by molar-refractivity contribution is 7.07. The van der Waals surface area contributed by atoms with E-state index in [4.69, 9.17) is 10.8 Å². The Balaban J connectivity index is 1.94. The van der Waals surface area contributed by atoms with Crippen molar-refractivity contribution >= 4 is 28.7 Å². The lowest BCUT2D eigenvalue weighted by molar-refractivity contribution is 0.0697. The Bertz CT molecular complexity index is 621. The van der Waals surface area contributed by atoms with Crippen LogP contribution in [0.5, 0.6) is 0 Å². The van der Waals surface area contributed by atoms with Crippen molar-refractivity contribution in [3.05, 3.63) is 46.2 Å². The van der Waals surface area contributed by atoms with Gasteiger partial charge in [0, 0.05) is 12.6 Å². The van der Waals surface area contributed by atoms with E-state index in [0.717, 1.165) is 25.1 Å². The fourth-order valence-electron chi connectivity index (χ4n) is 2.30. The first-order chi connectivity index (χ1) is 9.65. The zero-order valence-corrected chi connectivity index (χ0v) is 11.8. The van der Waals surface area contributed by atoms with Gasteiger partial charge in [-0.2, -0.15) is 11.3 Å². The van der Waals surface area contributed by atoms with Crippen LogP contribution in [0.4, 0.5) is 11.4 Å². The number of carboxylic acids is 1. The first-order valence-corrected chi connectivity index (χ1v) is 7.50. The summed E-state index contributed by atoms with van der Waals surface area (Å²) in [7, 11) is 0. The molecule has 1 aromatic carbocycles. The summed E-state index contributed by atoms with van der Waals surface area (Å²) < 4.78 is 0. The fourth-order valence-corrected chi connectivity index (χ4v) is 2.96. The number of benzene rings is 1. The van der Waals surface area contributed by atoms with Gasteiger partial charge in [0.25, 0.3) is 0 Å². The van der Waals surface area contributed by atoms with Crippen molar-refractivity contribution in [2.45, 2.75) is 25.4 Å². The monoisotopic (exact) mass is 288 g/mol. The molecule has 0 amide bonds. The van der Waals surface area contributed by atoms with Crippen LogP contribution in [0.25, 0.3) is 0 Å². The normalized spacial score (nSPS) is 14.2. The minimum atomic E-state index is -0.919. The number of nitrogens with two attached hydrogens (primary N) is 1. The molecule has 3 N–H and O–H groups in total. The zero-order chi connectivity index (χ0) is 14.1. The van der Waals surface area contributed by atoms with E-state index < -0.39 is 5.97 Å². The first-order valence-electron chi connectivity index (χ1n) is 6.55. The molecule has 0 aliphatic heterocycles. The number of carbonyl (C=O) groups is 1. The molecular weight excluding hydrogens is 272 g/mol. The third kappa shape index (κ3) is 2.63. The first kappa shape index (κ1) is 13.0. The van der Waals surface area contributed by atoms with E-state index in [1.807, 2.05) is 0 Å². The summed E-state index contributed by atoms with van der Waals surface area (Å²) in [4.78, 5) is 13.4. The van der Waals surface area contributed by atoms with Gasteiger partial charge in [0.1, 0.15) is 0 Å². The van der Waals surface area contributed by atoms with Crippen LogP contribution in [0.3, 0.4) is 0 Å². The largest absolute Gasteiger partial charge is 0.478 e. The lowest BCUT2D eigenvalue weighted by Gasteiger charge is -2.26. The number of nitrogen functional groups attached to an aromatic ring is 1. The molecule has 1 heterocycles. The van der Waals surface area contributed by atoms with Gasteiger partial charge in [0.2, 0.25) is 0 Å². The van der Waals surface area contributed by atoms with Crippen LogP contribution in [0.1, 0.15) is 28.8 Å². The summed E-state index contributed by atoms with van der Waals surface area (Å²) in [6.07, 6.45) is 2.28. The van der Waals surface area contributed by atoms with Crippen LogP contribution in [-0.4, -0.2) is 17.1 Å². The third-order valence-corrected chi connectivity index (χ3v) is 4.24. The average molecular weight is 288 g/mol. The molecule has 2 aromatic rings. The van der Waals surface area contributed by atoms with Crippen molar-refractivity contribution in [2.75, 3.05) is 10.6 Å². The van der Waals surface area contributed by atoms with Gasteiger partial charge in [-0.3, -0.25) is 0 Å². The maximum atomic E-state index is 11.1. The van der Waals surface area contributed by atoms with Crippen molar-refractivity contribution in [1.82, 2.24) is 0 Å². The van der Waals surface area contributed by atoms with Crippen molar-refractivity contribution < 1.29 is 9.90 Å². The number of aromatic carboxylic acids is 1. The maximum absolute atomic E-state index is 11.1. The van der Waals surface area contributed by atoms with Gasteiger partial charge in [0.05, 0.1) is 16.9 Å². The highest BCUT2D eigenvalue weighted by Gasteiger charge is 2.30. The lowest BCUT2D eigenvalue weighted by Crippen LogP contribution is -2.26. The van der Waals surface area contributed by atoms with Crippen LogP contribution >= 0.6 is 11.3 Å². The van der Waals surface area contributed by atoms with Crippen LogP contribution in [0, 0.1) is 0 Å². The predicted molar refractivity (Wildman–Crippen MR) is 81.3 cm³/mol. The quantitative estimate of drug-likeness (QED) is 0.829. The summed E-state index contributed by atoms with van der Waals surface area (Å²) in [5, 5.41) is 13.3. The molecule has 4 nitrogen and oxygen atoms in total. The molecule has 3 rings (SSSR count). The number of nitrogens with zero attached hydrogens (tertiary/aromatic N) is 1. The van der Waals surface area contributed by atoms with Crippen molar-refractivity contribution in [2.24, 2.45) is 0 Å².